The van der Waals surface area contributed by atoms with Crippen molar-refractivity contribution in [3.8, 4) is 0 Å². The molecule has 134 valence electrons. The summed E-state index contributed by atoms with van der Waals surface area (Å²) in [5.41, 5.74) is -0.0452. The summed E-state index contributed by atoms with van der Waals surface area (Å²) in [4.78, 5) is 31.7. The van der Waals surface area contributed by atoms with Crippen molar-refractivity contribution in [2.75, 3.05) is 5.32 Å². The maximum atomic E-state index is 11.3. The number of nitro groups is 2. The Labute approximate surface area is 151 Å². The largest absolute Gasteiger partial charge is 0.324 e. The summed E-state index contributed by atoms with van der Waals surface area (Å²) >= 11 is 5.91. The van der Waals surface area contributed by atoms with E-state index in [9.17, 15) is 25.0 Å². The molecule has 0 radical (unpaired) electrons. The van der Waals surface area contributed by atoms with Crippen LogP contribution in [-0.2, 0) is 4.79 Å². The summed E-state index contributed by atoms with van der Waals surface area (Å²) in [6.45, 7) is 3.13. The smallest absolute Gasteiger partial charge is 0.305 e. The molecule has 2 rings (SSSR count). The second-order valence-corrected chi connectivity index (χ2v) is 5.62. The van der Waals surface area contributed by atoms with Gasteiger partial charge in [0.15, 0.2) is 5.69 Å². The van der Waals surface area contributed by atoms with Crippen LogP contribution >= 0.6 is 11.6 Å². The fourth-order valence-corrected chi connectivity index (χ4v) is 2.29. The van der Waals surface area contributed by atoms with Crippen molar-refractivity contribution in [2.45, 2.75) is 13.8 Å². The fourth-order valence-electron chi connectivity index (χ4n) is 2.04. The van der Waals surface area contributed by atoms with Gasteiger partial charge in [-0.25, -0.2) is 0 Å². The van der Waals surface area contributed by atoms with Gasteiger partial charge in [-0.2, -0.15) is 0 Å². The summed E-state index contributed by atoms with van der Waals surface area (Å²) in [7, 11) is 0. The summed E-state index contributed by atoms with van der Waals surface area (Å²) in [5.74, 6) is -0.327. The van der Waals surface area contributed by atoms with Crippen LogP contribution in [0, 0.1) is 27.2 Å². The first kappa shape index (κ1) is 18.9. The number of nitro benzene ring substituents is 2. The van der Waals surface area contributed by atoms with Crippen molar-refractivity contribution < 1.29 is 14.6 Å². The number of carbonyl (C=O) groups is 1. The van der Waals surface area contributed by atoms with Crippen LogP contribution in [-0.4, -0.2) is 15.8 Å². The summed E-state index contributed by atoms with van der Waals surface area (Å²) in [6.07, 6.45) is 0. The lowest BCUT2D eigenvalue weighted by molar-refractivity contribution is -0.393. The molecule has 0 saturated carbocycles. The minimum Gasteiger partial charge on any atom is -0.324 e. The predicted octanol–water partition coefficient (Wildman–Crippen LogP) is 4.84. The zero-order valence-corrected chi connectivity index (χ0v) is 14.4. The van der Waals surface area contributed by atoms with Gasteiger partial charge in [-0.1, -0.05) is 17.7 Å². The number of azo groups is 1. The van der Waals surface area contributed by atoms with Gasteiger partial charge in [0.25, 0.3) is 5.69 Å². The molecule has 0 unspecified atom stereocenters. The number of hydrogen-bond acceptors (Lipinski definition) is 7. The Morgan fingerprint density at radius 3 is 2.38 bits per heavy atom. The Morgan fingerprint density at radius 1 is 1.12 bits per heavy atom. The third-order valence-electron chi connectivity index (χ3n) is 3.16. The minimum atomic E-state index is -0.836. The molecule has 0 bridgehead atoms. The van der Waals surface area contributed by atoms with E-state index in [0.29, 0.717) is 5.69 Å². The second kappa shape index (κ2) is 7.66. The Balaban J connectivity index is 2.53. The molecular formula is C15H12ClN5O5. The van der Waals surface area contributed by atoms with Gasteiger partial charge in [-0.3, -0.25) is 25.0 Å². The van der Waals surface area contributed by atoms with Crippen molar-refractivity contribution in [3.05, 3.63) is 61.1 Å². The minimum absolute atomic E-state index is 0.245. The van der Waals surface area contributed by atoms with Gasteiger partial charge in [0, 0.05) is 13.0 Å². The number of nitrogens with zero attached hydrogens (tertiary/aromatic N) is 4. The second-order valence-electron chi connectivity index (χ2n) is 5.21. The molecule has 0 aliphatic heterocycles. The molecule has 0 aromatic heterocycles. The Kier molecular flexibility index (Phi) is 5.58. The van der Waals surface area contributed by atoms with Gasteiger partial charge >= 0.3 is 5.69 Å². The van der Waals surface area contributed by atoms with E-state index in [4.69, 9.17) is 11.6 Å². The van der Waals surface area contributed by atoms with Crippen molar-refractivity contribution in [3.63, 3.8) is 0 Å². The van der Waals surface area contributed by atoms with Crippen LogP contribution in [0.3, 0.4) is 0 Å². The van der Waals surface area contributed by atoms with E-state index in [0.717, 1.165) is 17.7 Å². The van der Waals surface area contributed by atoms with Gasteiger partial charge in [0.05, 0.1) is 26.6 Å². The first-order valence-corrected chi connectivity index (χ1v) is 7.49. The van der Waals surface area contributed by atoms with E-state index in [-0.39, 0.29) is 22.3 Å². The van der Waals surface area contributed by atoms with Gasteiger partial charge in [-0.05, 0) is 24.6 Å². The lowest BCUT2D eigenvalue weighted by Crippen LogP contribution is -2.05. The molecule has 0 spiro atoms. The number of halogens is 1. The zero-order chi connectivity index (χ0) is 19.4. The number of carbonyl (C=O) groups excluding carboxylic acids is 1. The van der Waals surface area contributed by atoms with Crippen molar-refractivity contribution in [1.82, 2.24) is 0 Å². The van der Waals surface area contributed by atoms with Crippen LogP contribution in [0.2, 0.25) is 5.02 Å². The monoisotopic (exact) mass is 377 g/mol. The third-order valence-corrected chi connectivity index (χ3v) is 3.44. The van der Waals surface area contributed by atoms with E-state index in [2.05, 4.69) is 15.5 Å². The number of hydrogen-bond donors (Lipinski definition) is 1. The molecule has 2 aromatic rings. The van der Waals surface area contributed by atoms with E-state index >= 15 is 0 Å². The Morgan fingerprint density at radius 2 is 1.81 bits per heavy atom. The van der Waals surface area contributed by atoms with Gasteiger partial charge in [0.2, 0.25) is 5.91 Å². The van der Waals surface area contributed by atoms with Crippen LogP contribution in [0.25, 0.3) is 0 Å². The molecule has 1 N–H and O–H groups in total. The Bertz CT molecular complexity index is 944. The maximum absolute atomic E-state index is 11.3. The summed E-state index contributed by atoms with van der Waals surface area (Å²) in [6, 6.07) is 6.64. The van der Waals surface area contributed by atoms with Crippen molar-refractivity contribution in [1.29, 1.82) is 0 Å². The zero-order valence-electron chi connectivity index (χ0n) is 13.6. The molecule has 0 atom stereocenters. The molecular weight excluding hydrogens is 366 g/mol. The predicted molar refractivity (Wildman–Crippen MR) is 94.4 cm³/mol. The maximum Gasteiger partial charge on any atom is 0.305 e. The first-order valence-electron chi connectivity index (χ1n) is 7.11. The normalized spacial score (nSPS) is 10.7. The van der Waals surface area contributed by atoms with Crippen LogP contribution in [0.15, 0.2) is 40.6 Å². The van der Waals surface area contributed by atoms with Crippen LogP contribution in [0.1, 0.15) is 12.5 Å². The molecule has 11 heteroatoms. The van der Waals surface area contributed by atoms with Crippen LogP contribution in [0.4, 0.5) is 28.4 Å². The van der Waals surface area contributed by atoms with E-state index in [1.165, 1.54) is 6.92 Å². The number of aryl methyl sites for hydroxylation is 1. The third kappa shape index (κ3) is 4.36. The highest BCUT2D eigenvalue weighted by molar-refractivity contribution is 6.33. The molecule has 1 amide bonds. The average molecular weight is 378 g/mol. The molecule has 0 saturated heterocycles. The number of nitrogens with one attached hydrogen (secondary N) is 1. The molecule has 0 aliphatic carbocycles. The highest BCUT2D eigenvalue weighted by Crippen LogP contribution is 2.40. The Hall–Kier alpha value is -3.40. The lowest BCUT2D eigenvalue weighted by atomic mass is 10.2. The number of anilines is 1. The quantitative estimate of drug-likeness (QED) is 0.451. The molecule has 0 heterocycles. The molecule has 10 nitrogen and oxygen atoms in total. The van der Waals surface area contributed by atoms with E-state index in [1.807, 2.05) is 6.92 Å². The van der Waals surface area contributed by atoms with Crippen LogP contribution in [0.5, 0.6) is 0 Å². The average Bonchev–Trinajstić information content (AvgIpc) is 2.53. The number of non-ortho nitro benzene ring substituents is 1. The number of benzene rings is 2. The van der Waals surface area contributed by atoms with Crippen molar-refractivity contribution >= 4 is 45.9 Å². The van der Waals surface area contributed by atoms with Crippen molar-refractivity contribution in [2.24, 2.45) is 10.2 Å². The van der Waals surface area contributed by atoms with Gasteiger partial charge in [-0.15, -0.1) is 10.2 Å². The molecule has 2 aromatic carbocycles. The summed E-state index contributed by atoms with van der Waals surface area (Å²) in [5, 5.41) is 32.0. The van der Waals surface area contributed by atoms with E-state index < -0.39 is 21.2 Å². The topological polar surface area (TPSA) is 140 Å². The SMILES string of the molecule is CC(=O)Nc1cc(C)ccc1N=Nc1c(Cl)cc([N+](=O)[O-])cc1[N+](=O)[O-]. The van der Waals surface area contributed by atoms with Gasteiger partial charge < -0.3 is 5.32 Å². The number of amides is 1. The van der Waals surface area contributed by atoms with E-state index in [1.54, 1.807) is 18.2 Å². The highest BCUT2D eigenvalue weighted by atomic mass is 35.5. The van der Waals surface area contributed by atoms with Gasteiger partial charge in [0.1, 0.15) is 5.69 Å². The summed E-state index contributed by atoms with van der Waals surface area (Å²) < 4.78 is 0. The molecule has 0 aliphatic rings. The number of rotatable bonds is 5. The first-order chi connectivity index (χ1) is 12.2. The molecule has 26 heavy (non-hydrogen) atoms. The molecule has 0 fully saturated rings. The highest BCUT2D eigenvalue weighted by Gasteiger charge is 2.23. The fraction of sp³-hybridized carbons (Fsp3) is 0.133. The lowest BCUT2D eigenvalue weighted by Gasteiger charge is -2.06. The van der Waals surface area contributed by atoms with Crippen LogP contribution < -0.4 is 5.32 Å². The standard InChI is InChI=1S/C15H12ClN5O5/c1-8-3-4-12(13(5-8)17-9(2)22)18-19-15-11(16)6-10(20(23)24)7-14(15)21(25)26/h3-7H,1-2H3,(H,17,22).